The third kappa shape index (κ3) is 1.83. The summed E-state index contributed by atoms with van der Waals surface area (Å²) in [7, 11) is 0. The predicted octanol–water partition coefficient (Wildman–Crippen LogP) is 0.784. The molecule has 0 aromatic carbocycles. The van der Waals surface area contributed by atoms with E-state index in [9.17, 15) is 4.79 Å². The predicted molar refractivity (Wildman–Crippen MR) is 50.9 cm³/mol. The van der Waals surface area contributed by atoms with Crippen molar-refractivity contribution in [3.8, 4) is 0 Å². The average molecular weight is 184 g/mol. The molecule has 0 spiro atoms. The number of rotatable bonds is 3. The van der Waals surface area contributed by atoms with Crippen molar-refractivity contribution in [2.75, 3.05) is 6.61 Å². The smallest absolute Gasteiger partial charge is 0.328 e. The van der Waals surface area contributed by atoms with Crippen molar-refractivity contribution in [1.29, 1.82) is 0 Å². The Morgan fingerprint density at radius 1 is 1.31 bits per heavy atom. The monoisotopic (exact) mass is 184 g/mol. The van der Waals surface area contributed by atoms with Gasteiger partial charge in [-0.05, 0) is 20.8 Å². The molecular weight excluding hydrogens is 168 g/mol. The van der Waals surface area contributed by atoms with Crippen LogP contribution in [0.2, 0.25) is 0 Å². The molecule has 0 radical (unpaired) electrons. The molecule has 0 bridgehead atoms. The zero-order valence-corrected chi connectivity index (χ0v) is 8.27. The van der Waals surface area contributed by atoms with E-state index >= 15 is 0 Å². The Morgan fingerprint density at radius 2 is 1.85 bits per heavy atom. The molecule has 0 amide bonds. The Kier molecular flexibility index (Phi) is 2.93. The first kappa shape index (κ1) is 10.1. The standard InChI is InChI=1S/C9H16N2O2/c1-7(2)10-4-5-11(9(10)13)8(3)6-12/h4-5,7-8,12H,6H2,1-3H3. The van der Waals surface area contributed by atoms with Crippen LogP contribution in [-0.2, 0) is 0 Å². The minimum absolute atomic E-state index is 0.0119. The molecule has 0 aliphatic rings. The van der Waals surface area contributed by atoms with Crippen LogP contribution >= 0.6 is 0 Å². The van der Waals surface area contributed by atoms with Crippen molar-refractivity contribution in [3.05, 3.63) is 22.9 Å². The molecule has 1 heterocycles. The summed E-state index contributed by atoms with van der Waals surface area (Å²) in [6.45, 7) is 5.71. The van der Waals surface area contributed by atoms with Gasteiger partial charge in [0, 0.05) is 18.4 Å². The lowest BCUT2D eigenvalue weighted by atomic mass is 10.4. The number of nitrogens with zero attached hydrogens (tertiary/aromatic N) is 2. The highest BCUT2D eigenvalue weighted by Crippen LogP contribution is 2.04. The van der Waals surface area contributed by atoms with Crippen LogP contribution in [-0.4, -0.2) is 20.8 Å². The molecule has 1 aromatic heterocycles. The summed E-state index contributed by atoms with van der Waals surface area (Å²) in [4.78, 5) is 11.6. The van der Waals surface area contributed by atoms with E-state index in [1.54, 1.807) is 21.5 Å². The molecule has 1 aromatic rings. The second kappa shape index (κ2) is 3.79. The van der Waals surface area contributed by atoms with Gasteiger partial charge in [0.1, 0.15) is 0 Å². The number of aliphatic hydroxyl groups excluding tert-OH is 1. The Labute approximate surface area is 77.4 Å². The molecule has 4 nitrogen and oxygen atoms in total. The van der Waals surface area contributed by atoms with E-state index < -0.39 is 0 Å². The maximum atomic E-state index is 11.6. The maximum Gasteiger partial charge on any atom is 0.328 e. The first-order valence-electron chi connectivity index (χ1n) is 4.47. The van der Waals surface area contributed by atoms with Gasteiger partial charge in [0.2, 0.25) is 0 Å². The van der Waals surface area contributed by atoms with Crippen LogP contribution in [0.4, 0.5) is 0 Å². The van der Waals surface area contributed by atoms with E-state index in [2.05, 4.69) is 0 Å². The first-order valence-corrected chi connectivity index (χ1v) is 4.47. The molecule has 13 heavy (non-hydrogen) atoms. The number of aromatic nitrogens is 2. The highest BCUT2D eigenvalue weighted by molar-refractivity contribution is 4.86. The van der Waals surface area contributed by atoms with Crippen LogP contribution in [0.25, 0.3) is 0 Å². The normalized spacial score (nSPS) is 13.6. The molecule has 74 valence electrons. The molecule has 1 rings (SSSR count). The Balaban J connectivity index is 3.07. The summed E-state index contributed by atoms with van der Waals surface area (Å²) in [5.74, 6) is 0. The topological polar surface area (TPSA) is 47.2 Å². The molecular formula is C9H16N2O2. The molecule has 0 aliphatic heterocycles. The van der Waals surface area contributed by atoms with Gasteiger partial charge in [-0.3, -0.25) is 9.13 Å². The van der Waals surface area contributed by atoms with Crippen molar-refractivity contribution >= 4 is 0 Å². The highest BCUT2D eigenvalue weighted by atomic mass is 16.3. The lowest BCUT2D eigenvalue weighted by Gasteiger charge is -2.08. The fraction of sp³-hybridized carbons (Fsp3) is 0.667. The molecule has 0 saturated carbocycles. The zero-order valence-electron chi connectivity index (χ0n) is 8.27. The summed E-state index contributed by atoms with van der Waals surface area (Å²) in [5.41, 5.74) is -0.0587. The highest BCUT2D eigenvalue weighted by Gasteiger charge is 2.10. The van der Waals surface area contributed by atoms with Crippen LogP contribution in [0, 0.1) is 0 Å². The first-order chi connectivity index (χ1) is 6.07. The van der Waals surface area contributed by atoms with E-state index in [-0.39, 0.29) is 24.4 Å². The quantitative estimate of drug-likeness (QED) is 0.754. The van der Waals surface area contributed by atoms with E-state index in [0.29, 0.717) is 0 Å². The van der Waals surface area contributed by atoms with Crippen LogP contribution in [0.1, 0.15) is 32.9 Å². The van der Waals surface area contributed by atoms with Gasteiger partial charge in [0.05, 0.1) is 12.6 Å². The largest absolute Gasteiger partial charge is 0.394 e. The van der Waals surface area contributed by atoms with Crippen LogP contribution < -0.4 is 5.69 Å². The zero-order chi connectivity index (χ0) is 10.0. The van der Waals surface area contributed by atoms with Crippen LogP contribution in [0.3, 0.4) is 0 Å². The van der Waals surface area contributed by atoms with Crippen molar-refractivity contribution < 1.29 is 5.11 Å². The van der Waals surface area contributed by atoms with Crippen molar-refractivity contribution in [1.82, 2.24) is 9.13 Å². The molecule has 0 aliphatic carbocycles. The molecule has 1 unspecified atom stereocenters. The SMILES string of the molecule is CC(C)n1ccn(C(C)CO)c1=O. The number of aliphatic hydroxyl groups is 1. The van der Waals surface area contributed by atoms with Crippen molar-refractivity contribution in [2.45, 2.75) is 32.9 Å². The second-order valence-corrected chi connectivity index (χ2v) is 3.52. The Morgan fingerprint density at radius 3 is 2.23 bits per heavy atom. The van der Waals surface area contributed by atoms with E-state index in [1.165, 1.54) is 0 Å². The molecule has 0 saturated heterocycles. The minimum Gasteiger partial charge on any atom is -0.394 e. The summed E-state index contributed by atoms with van der Waals surface area (Å²) >= 11 is 0. The van der Waals surface area contributed by atoms with Gasteiger partial charge in [0.15, 0.2) is 0 Å². The van der Waals surface area contributed by atoms with E-state index in [4.69, 9.17) is 5.11 Å². The fourth-order valence-corrected chi connectivity index (χ4v) is 1.22. The van der Waals surface area contributed by atoms with Gasteiger partial charge in [0.25, 0.3) is 0 Å². The van der Waals surface area contributed by atoms with Crippen molar-refractivity contribution in [3.63, 3.8) is 0 Å². The summed E-state index contributed by atoms with van der Waals surface area (Å²) in [5, 5.41) is 8.89. The lowest BCUT2D eigenvalue weighted by Crippen LogP contribution is -2.28. The van der Waals surface area contributed by atoms with Gasteiger partial charge in [-0.15, -0.1) is 0 Å². The fourth-order valence-electron chi connectivity index (χ4n) is 1.22. The molecule has 4 heteroatoms. The number of hydrogen-bond acceptors (Lipinski definition) is 2. The van der Waals surface area contributed by atoms with Crippen molar-refractivity contribution in [2.24, 2.45) is 0 Å². The van der Waals surface area contributed by atoms with Gasteiger partial charge in [-0.2, -0.15) is 0 Å². The second-order valence-electron chi connectivity index (χ2n) is 3.52. The number of hydrogen-bond donors (Lipinski definition) is 1. The minimum atomic E-state index is -0.146. The third-order valence-corrected chi connectivity index (χ3v) is 2.13. The Hall–Kier alpha value is -1.03. The molecule has 1 N–H and O–H groups in total. The van der Waals surface area contributed by atoms with Gasteiger partial charge < -0.3 is 5.11 Å². The summed E-state index contributed by atoms with van der Waals surface area (Å²) in [6, 6.07) is 0.0205. The summed E-state index contributed by atoms with van der Waals surface area (Å²) < 4.78 is 3.19. The summed E-state index contributed by atoms with van der Waals surface area (Å²) in [6.07, 6.45) is 3.46. The van der Waals surface area contributed by atoms with Gasteiger partial charge in [-0.25, -0.2) is 4.79 Å². The number of imidazole rings is 1. The third-order valence-electron chi connectivity index (χ3n) is 2.13. The van der Waals surface area contributed by atoms with Crippen LogP contribution in [0.15, 0.2) is 17.2 Å². The van der Waals surface area contributed by atoms with E-state index in [0.717, 1.165) is 0 Å². The van der Waals surface area contributed by atoms with Gasteiger partial charge in [-0.1, -0.05) is 0 Å². The Bertz CT molecular complexity index is 325. The van der Waals surface area contributed by atoms with Crippen LogP contribution in [0.5, 0.6) is 0 Å². The van der Waals surface area contributed by atoms with E-state index in [1.807, 2.05) is 20.8 Å². The molecule has 0 fully saturated rings. The van der Waals surface area contributed by atoms with Gasteiger partial charge >= 0.3 is 5.69 Å². The average Bonchev–Trinajstić information content (AvgIpc) is 2.46. The molecule has 1 atom stereocenters. The lowest BCUT2D eigenvalue weighted by molar-refractivity contribution is 0.235. The maximum absolute atomic E-state index is 11.6.